The van der Waals surface area contributed by atoms with Gasteiger partial charge in [-0.15, -0.1) is 0 Å². The number of Topliss-reactive ketones (excluding diaryl/α,β-unsaturated/α-hetero) is 2. The summed E-state index contributed by atoms with van der Waals surface area (Å²) in [6, 6.07) is 0. The molecule has 0 aromatic heterocycles. The van der Waals surface area contributed by atoms with Gasteiger partial charge in [0.2, 0.25) is 5.78 Å². The van der Waals surface area contributed by atoms with Crippen molar-refractivity contribution in [1.82, 2.24) is 0 Å². The van der Waals surface area contributed by atoms with Crippen LogP contribution < -0.4 is 0 Å². The Labute approximate surface area is 337 Å². The average molecular weight is 777 g/mol. The van der Waals surface area contributed by atoms with E-state index in [1.165, 1.54) is 58.1 Å². The third-order valence-electron chi connectivity index (χ3n) is 14.3. The van der Waals surface area contributed by atoms with Crippen molar-refractivity contribution in [3.05, 3.63) is 59.9 Å². The lowest BCUT2D eigenvalue weighted by Crippen LogP contribution is -2.64. The summed E-state index contributed by atoms with van der Waals surface area (Å²) in [5.74, 6) is -3.04. The number of carbonyl (C=O) groups is 4. The van der Waals surface area contributed by atoms with E-state index in [-0.39, 0.29) is 29.7 Å². The molecule has 0 aromatic rings. The molecule has 2 fully saturated rings. The molecule has 0 bridgehead atoms. The predicted molar refractivity (Wildman–Crippen MR) is 222 cm³/mol. The highest BCUT2D eigenvalue weighted by Crippen LogP contribution is 2.74. The average Bonchev–Trinajstić information content (AvgIpc) is 3.34. The molecule has 8 heteroatoms. The minimum Gasteiger partial charge on any atom is -0.505 e. The van der Waals surface area contributed by atoms with Crippen LogP contribution in [-0.2, 0) is 28.7 Å². The number of carbonyl (C=O) groups excluding carboxylic acids is 4. The van der Waals surface area contributed by atoms with Crippen molar-refractivity contribution < 1.29 is 38.9 Å². The van der Waals surface area contributed by atoms with Crippen molar-refractivity contribution in [3.63, 3.8) is 0 Å². The Bertz CT molecular complexity index is 1620. The second kappa shape index (κ2) is 17.8. The largest absolute Gasteiger partial charge is 0.505 e. The first kappa shape index (κ1) is 45.6. The molecule has 0 aromatic carbocycles. The third kappa shape index (κ3) is 8.97. The van der Waals surface area contributed by atoms with Crippen LogP contribution in [0.15, 0.2) is 59.9 Å². The number of ketones is 3. The van der Waals surface area contributed by atoms with E-state index >= 15 is 0 Å². The molecule has 1 unspecified atom stereocenters. The van der Waals surface area contributed by atoms with E-state index in [2.05, 4.69) is 44.2 Å². The van der Waals surface area contributed by atoms with Crippen LogP contribution in [0.1, 0.15) is 153 Å². The van der Waals surface area contributed by atoms with E-state index in [1.54, 1.807) is 19.9 Å². The lowest BCUT2D eigenvalue weighted by Gasteiger charge is -2.63. The standard InChI is InChI=1S/C48H72O8/c1-11-12-13-14-15-16-17-18-19-20-21-22-23-24-29-55-37-31-45(7)38-26-25-34-35(30-36(50)42(53)44(34,5)6)47(38,9)40(52)32-46(45,8)41(37)48(10,54)39(51)27-28-43(3,4)56-33(2)49/h17-18,20-21,25,27-28,30,35,37-38,41,50,54H,11-16,19,22-24,26,29,31-32H2,1-10H3/b18-17-,21-20-,28-27+/t35-,37-,38+,41?,45+,46-,47+,48+/m1/s1. The fraction of sp³-hybridized carbons (Fsp3) is 0.708. The summed E-state index contributed by atoms with van der Waals surface area (Å²) >= 11 is 0. The van der Waals surface area contributed by atoms with E-state index in [9.17, 15) is 29.4 Å². The second-order valence-electron chi connectivity index (χ2n) is 19.2. The molecule has 0 heterocycles. The molecular weight excluding hydrogens is 705 g/mol. The molecule has 312 valence electrons. The zero-order chi connectivity index (χ0) is 41.7. The van der Waals surface area contributed by atoms with Gasteiger partial charge < -0.3 is 19.7 Å². The van der Waals surface area contributed by atoms with Gasteiger partial charge in [0.1, 0.15) is 17.0 Å². The predicted octanol–water partition coefficient (Wildman–Crippen LogP) is 10.2. The van der Waals surface area contributed by atoms with Crippen LogP contribution in [0, 0.1) is 39.4 Å². The number of aliphatic hydroxyl groups excluding tert-OH is 1. The molecule has 2 N–H and O–H groups in total. The van der Waals surface area contributed by atoms with Crippen molar-refractivity contribution in [1.29, 1.82) is 0 Å². The zero-order valence-corrected chi connectivity index (χ0v) is 36.2. The minimum atomic E-state index is -1.91. The summed E-state index contributed by atoms with van der Waals surface area (Å²) in [5.41, 5.74) is -5.35. The molecule has 8 atom stereocenters. The number of ether oxygens (including phenoxy) is 2. The quantitative estimate of drug-likeness (QED) is 0.0575. The molecule has 0 amide bonds. The maximum Gasteiger partial charge on any atom is 0.303 e. The summed E-state index contributed by atoms with van der Waals surface area (Å²) in [6.45, 7) is 18.7. The summed E-state index contributed by atoms with van der Waals surface area (Å²) in [4.78, 5) is 53.7. The molecule has 4 aliphatic carbocycles. The van der Waals surface area contributed by atoms with Crippen molar-refractivity contribution in [2.75, 3.05) is 6.61 Å². The summed E-state index contributed by atoms with van der Waals surface area (Å²) in [5, 5.41) is 23.3. The van der Waals surface area contributed by atoms with Crippen LogP contribution in [0.4, 0.5) is 0 Å². The van der Waals surface area contributed by atoms with Crippen molar-refractivity contribution in [3.8, 4) is 0 Å². The van der Waals surface area contributed by atoms with E-state index in [0.717, 1.165) is 37.7 Å². The van der Waals surface area contributed by atoms with Gasteiger partial charge in [0, 0.05) is 37.2 Å². The molecular formula is C48H72O8. The Kier molecular flexibility index (Phi) is 14.5. The summed E-state index contributed by atoms with van der Waals surface area (Å²) in [7, 11) is 0. The molecule has 2 saturated carbocycles. The van der Waals surface area contributed by atoms with E-state index < -0.39 is 62.6 Å². The first-order chi connectivity index (χ1) is 26.1. The number of allylic oxidation sites excluding steroid dienone is 8. The van der Waals surface area contributed by atoms with Crippen LogP contribution >= 0.6 is 0 Å². The van der Waals surface area contributed by atoms with Gasteiger partial charge in [-0.2, -0.15) is 0 Å². The van der Waals surface area contributed by atoms with E-state index in [0.29, 0.717) is 19.4 Å². The number of rotatable bonds is 19. The minimum absolute atomic E-state index is 0.00122. The summed E-state index contributed by atoms with van der Waals surface area (Å²) in [6.07, 6.45) is 27.3. The number of unbranched alkanes of at least 4 members (excludes halogenated alkanes) is 7. The monoisotopic (exact) mass is 777 g/mol. The molecule has 0 aliphatic heterocycles. The van der Waals surface area contributed by atoms with Gasteiger partial charge in [0.15, 0.2) is 11.5 Å². The number of esters is 1. The van der Waals surface area contributed by atoms with Crippen LogP contribution in [0.25, 0.3) is 0 Å². The molecule has 0 saturated heterocycles. The Morgan fingerprint density at radius 3 is 2.16 bits per heavy atom. The Morgan fingerprint density at radius 1 is 0.911 bits per heavy atom. The van der Waals surface area contributed by atoms with Gasteiger partial charge in [-0.3, -0.25) is 19.2 Å². The molecule has 0 radical (unpaired) electrons. The Balaban J connectivity index is 1.56. The fourth-order valence-electron chi connectivity index (χ4n) is 11.1. The van der Waals surface area contributed by atoms with Crippen LogP contribution in [0.2, 0.25) is 0 Å². The smallest absolute Gasteiger partial charge is 0.303 e. The van der Waals surface area contributed by atoms with Crippen molar-refractivity contribution in [2.45, 2.75) is 170 Å². The van der Waals surface area contributed by atoms with Gasteiger partial charge in [-0.05, 0) is 121 Å². The normalized spacial score (nSPS) is 32.6. The van der Waals surface area contributed by atoms with E-state index in [1.807, 2.05) is 27.7 Å². The van der Waals surface area contributed by atoms with Crippen LogP contribution in [-0.4, -0.2) is 57.4 Å². The highest BCUT2D eigenvalue weighted by Gasteiger charge is 2.74. The highest BCUT2D eigenvalue weighted by atomic mass is 16.6. The Hall–Kier alpha value is -3.10. The first-order valence-corrected chi connectivity index (χ1v) is 21.4. The number of hydrogen-bond donors (Lipinski definition) is 2. The zero-order valence-electron chi connectivity index (χ0n) is 36.2. The van der Waals surface area contributed by atoms with Gasteiger partial charge in [-0.25, -0.2) is 0 Å². The van der Waals surface area contributed by atoms with Crippen LogP contribution in [0.3, 0.4) is 0 Å². The number of aliphatic hydroxyl groups is 2. The van der Waals surface area contributed by atoms with Gasteiger partial charge >= 0.3 is 5.97 Å². The highest BCUT2D eigenvalue weighted by molar-refractivity contribution is 6.02. The SMILES string of the molecule is CCCCCCC/C=C\C/C=C\CCCCO[C@@H]1C[C@@]2(C)[C@@H]3CC=C4[C@@H](C=C(O)C(=O)C4(C)C)[C@]3(C)C(=O)C[C@]2(C)C1[C@@](C)(O)C(=O)/C=C/C(C)(C)OC(C)=O. The summed E-state index contributed by atoms with van der Waals surface area (Å²) < 4.78 is 12.1. The lowest BCUT2D eigenvalue weighted by atomic mass is 9.39. The van der Waals surface area contributed by atoms with Crippen molar-refractivity contribution >= 4 is 23.3 Å². The van der Waals surface area contributed by atoms with E-state index in [4.69, 9.17) is 9.47 Å². The molecule has 4 aliphatic rings. The molecule has 4 rings (SSSR count). The van der Waals surface area contributed by atoms with Gasteiger partial charge in [-0.1, -0.05) is 89.3 Å². The molecule has 0 spiro atoms. The maximum absolute atomic E-state index is 14.8. The first-order valence-electron chi connectivity index (χ1n) is 21.4. The number of hydrogen-bond acceptors (Lipinski definition) is 8. The maximum atomic E-state index is 14.8. The van der Waals surface area contributed by atoms with Crippen LogP contribution in [0.5, 0.6) is 0 Å². The molecule has 56 heavy (non-hydrogen) atoms. The third-order valence-corrected chi connectivity index (χ3v) is 14.3. The Morgan fingerprint density at radius 2 is 1.54 bits per heavy atom. The van der Waals surface area contributed by atoms with Crippen molar-refractivity contribution in [2.24, 2.45) is 39.4 Å². The lowest BCUT2D eigenvalue weighted by molar-refractivity contribution is -0.180. The second-order valence-corrected chi connectivity index (χ2v) is 19.2. The molecule has 8 nitrogen and oxygen atoms in total. The number of fused-ring (bicyclic) bond motifs is 5. The van der Waals surface area contributed by atoms with Gasteiger partial charge in [0.05, 0.1) is 11.5 Å². The topological polar surface area (TPSA) is 127 Å². The van der Waals surface area contributed by atoms with Gasteiger partial charge in [0.25, 0.3) is 0 Å². The fourth-order valence-corrected chi connectivity index (χ4v) is 11.1.